The Balaban J connectivity index is 1.64. The van der Waals surface area contributed by atoms with Crippen molar-refractivity contribution in [2.24, 2.45) is 0 Å². The summed E-state index contributed by atoms with van der Waals surface area (Å²) < 4.78 is 12.6. The van der Waals surface area contributed by atoms with E-state index in [1.54, 1.807) is 50.4 Å². The maximum atomic E-state index is 12.5. The van der Waals surface area contributed by atoms with Crippen LogP contribution in [0.4, 0.5) is 10.5 Å². The SMILES string of the molecule is COc1ccc(-c2nnc(C)o2)cc1NC(=O)N(C)CCCn1cccn1. The van der Waals surface area contributed by atoms with Crippen LogP contribution in [0.2, 0.25) is 0 Å². The molecule has 0 saturated heterocycles. The second-order valence-electron chi connectivity index (χ2n) is 6.02. The lowest BCUT2D eigenvalue weighted by Gasteiger charge is -2.19. The topological polar surface area (TPSA) is 98.3 Å². The number of amides is 2. The van der Waals surface area contributed by atoms with E-state index in [1.165, 1.54) is 0 Å². The average molecular weight is 370 g/mol. The fourth-order valence-corrected chi connectivity index (χ4v) is 2.57. The molecule has 0 fully saturated rings. The number of aromatic nitrogens is 4. The molecule has 2 heterocycles. The summed E-state index contributed by atoms with van der Waals surface area (Å²) in [6, 6.07) is 6.95. The van der Waals surface area contributed by atoms with Crippen molar-refractivity contribution in [3.8, 4) is 17.2 Å². The third kappa shape index (κ3) is 4.63. The van der Waals surface area contributed by atoms with Crippen molar-refractivity contribution in [2.75, 3.05) is 26.0 Å². The predicted octanol–water partition coefficient (Wildman–Crippen LogP) is 2.80. The van der Waals surface area contributed by atoms with Gasteiger partial charge >= 0.3 is 6.03 Å². The lowest BCUT2D eigenvalue weighted by atomic mass is 10.2. The van der Waals surface area contributed by atoms with Crippen LogP contribution >= 0.6 is 0 Å². The van der Waals surface area contributed by atoms with Crippen LogP contribution in [-0.2, 0) is 6.54 Å². The molecule has 2 aromatic heterocycles. The molecule has 142 valence electrons. The molecule has 9 heteroatoms. The van der Waals surface area contributed by atoms with Gasteiger partial charge in [0.05, 0.1) is 12.8 Å². The van der Waals surface area contributed by atoms with Crippen LogP contribution in [-0.4, -0.2) is 51.6 Å². The van der Waals surface area contributed by atoms with Gasteiger partial charge in [-0.2, -0.15) is 5.10 Å². The Labute approximate surface area is 156 Å². The van der Waals surface area contributed by atoms with E-state index in [2.05, 4.69) is 20.6 Å². The summed E-state index contributed by atoms with van der Waals surface area (Å²) in [4.78, 5) is 14.1. The molecule has 0 radical (unpaired) electrons. The number of anilines is 1. The monoisotopic (exact) mass is 370 g/mol. The van der Waals surface area contributed by atoms with E-state index in [0.29, 0.717) is 35.3 Å². The van der Waals surface area contributed by atoms with Crippen LogP contribution in [0.3, 0.4) is 0 Å². The van der Waals surface area contributed by atoms with E-state index in [-0.39, 0.29) is 6.03 Å². The van der Waals surface area contributed by atoms with E-state index in [1.807, 2.05) is 16.9 Å². The fourth-order valence-electron chi connectivity index (χ4n) is 2.57. The number of rotatable bonds is 7. The normalized spacial score (nSPS) is 10.6. The summed E-state index contributed by atoms with van der Waals surface area (Å²) in [6.45, 7) is 3.07. The standard InChI is InChI=1S/C18H22N6O3/c1-13-21-22-17(27-13)14-6-7-16(26-3)15(12-14)20-18(25)23(2)9-5-11-24-10-4-8-19-24/h4,6-8,10,12H,5,9,11H2,1-3H3,(H,20,25). The highest BCUT2D eigenvalue weighted by atomic mass is 16.5. The second-order valence-corrected chi connectivity index (χ2v) is 6.02. The quantitative estimate of drug-likeness (QED) is 0.687. The van der Waals surface area contributed by atoms with Gasteiger partial charge in [0.15, 0.2) is 0 Å². The van der Waals surface area contributed by atoms with Gasteiger partial charge in [-0.3, -0.25) is 4.68 Å². The van der Waals surface area contributed by atoms with Crippen molar-refractivity contribution in [3.63, 3.8) is 0 Å². The summed E-state index contributed by atoms with van der Waals surface area (Å²) in [5.41, 5.74) is 1.24. The first-order valence-corrected chi connectivity index (χ1v) is 8.55. The van der Waals surface area contributed by atoms with Crippen LogP contribution in [0.1, 0.15) is 12.3 Å². The number of benzene rings is 1. The Morgan fingerprint density at radius 1 is 1.37 bits per heavy atom. The third-order valence-electron chi connectivity index (χ3n) is 4.00. The first-order chi connectivity index (χ1) is 13.1. The van der Waals surface area contributed by atoms with Gasteiger partial charge in [-0.1, -0.05) is 0 Å². The number of ether oxygens (including phenoxy) is 1. The summed E-state index contributed by atoms with van der Waals surface area (Å²) >= 11 is 0. The molecule has 9 nitrogen and oxygen atoms in total. The van der Waals surface area contributed by atoms with E-state index < -0.39 is 0 Å². The Morgan fingerprint density at radius 2 is 2.22 bits per heavy atom. The molecular weight excluding hydrogens is 348 g/mol. The molecule has 2 amide bonds. The summed E-state index contributed by atoms with van der Waals surface area (Å²) in [5.74, 6) is 1.41. The molecule has 3 aromatic rings. The zero-order valence-corrected chi connectivity index (χ0v) is 15.5. The number of carbonyl (C=O) groups is 1. The molecule has 27 heavy (non-hydrogen) atoms. The lowest BCUT2D eigenvalue weighted by molar-refractivity contribution is 0.221. The van der Waals surface area contributed by atoms with Gasteiger partial charge in [-0.05, 0) is 30.7 Å². The van der Waals surface area contributed by atoms with Gasteiger partial charge < -0.3 is 19.4 Å². The van der Waals surface area contributed by atoms with Crippen LogP contribution in [0.15, 0.2) is 41.1 Å². The highest BCUT2D eigenvalue weighted by Crippen LogP contribution is 2.30. The van der Waals surface area contributed by atoms with E-state index in [4.69, 9.17) is 9.15 Å². The van der Waals surface area contributed by atoms with Crippen molar-refractivity contribution >= 4 is 11.7 Å². The number of urea groups is 1. The van der Waals surface area contributed by atoms with Gasteiger partial charge in [0.25, 0.3) is 0 Å². The molecule has 0 spiro atoms. The fraction of sp³-hybridized carbons (Fsp3) is 0.333. The molecule has 0 unspecified atom stereocenters. The number of nitrogens with one attached hydrogen (secondary N) is 1. The molecule has 3 rings (SSSR count). The predicted molar refractivity (Wildman–Crippen MR) is 99.5 cm³/mol. The molecule has 0 atom stereocenters. The maximum Gasteiger partial charge on any atom is 0.321 e. The van der Waals surface area contributed by atoms with Crippen molar-refractivity contribution in [1.29, 1.82) is 0 Å². The minimum Gasteiger partial charge on any atom is -0.495 e. The third-order valence-corrected chi connectivity index (χ3v) is 4.00. The highest BCUT2D eigenvalue weighted by molar-refractivity contribution is 5.91. The zero-order valence-electron chi connectivity index (χ0n) is 15.5. The van der Waals surface area contributed by atoms with Gasteiger partial charge in [0.1, 0.15) is 5.75 Å². The molecule has 1 N–H and O–H groups in total. The molecule has 0 aliphatic heterocycles. The molecule has 0 bridgehead atoms. The smallest absolute Gasteiger partial charge is 0.321 e. The first-order valence-electron chi connectivity index (χ1n) is 8.55. The molecule has 0 aliphatic carbocycles. The maximum absolute atomic E-state index is 12.5. The molecule has 0 saturated carbocycles. The van der Waals surface area contributed by atoms with Gasteiger partial charge in [0.2, 0.25) is 11.8 Å². The second kappa shape index (κ2) is 8.35. The zero-order chi connectivity index (χ0) is 19.2. The largest absolute Gasteiger partial charge is 0.495 e. The number of nitrogens with zero attached hydrogens (tertiary/aromatic N) is 5. The molecular formula is C18H22N6O3. The van der Waals surface area contributed by atoms with Gasteiger partial charge in [-0.15, -0.1) is 10.2 Å². The van der Waals surface area contributed by atoms with Crippen LogP contribution in [0, 0.1) is 6.92 Å². The highest BCUT2D eigenvalue weighted by Gasteiger charge is 2.15. The number of hydrogen-bond acceptors (Lipinski definition) is 6. The summed E-state index contributed by atoms with van der Waals surface area (Å²) in [5, 5.41) is 14.9. The van der Waals surface area contributed by atoms with E-state index in [0.717, 1.165) is 13.0 Å². The Hall–Kier alpha value is -3.36. The Bertz CT molecular complexity index is 890. The number of aryl methyl sites for hydroxylation is 2. The minimum atomic E-state index is -0.229. The van der Waals surface area contributed by atoms with Crippen molar-refractivity contribution in [1.82, 2.24) is 24.9 Å². The Kier molecular flexibility index (Phi) is 5.70. The van der Waals surface area contributed by atoms with E-state index in [9.17, 15) is 4.79 Å². The van der Waals surface area contributed by atoms with Crippen molar-refractivity contribution in [2.45, 2.75) is 19.9 Å². The number of carbonyl (C=O) groups excluding carboxylic acids is 1. The summed E-state index contributed by atoms with van der Waals surface area (Å²) in [7, 11) is 3.30. The molecule has 1 aromatic carbocycles. The lowest BCUT2D eigenvalue weighted by Crippen LogP contribution is -2.32. The molecule has 0 aliphatic rings. The van der Waals surface area contributed by atoms with Crippen LogP contribution < -0.4 is 10.1 Å². The van der Waals surface area contributed by atoms with E-state index >= 15 is 0 Å². The van der Waals surface area contributed by atoms with Crippen molar-refractivity contribution in [3.05, 3.63) is 42.5 Å². The van der Waals surface area contributed by atoms with Crippen LogP contribution in [0.5, 0.6) is 5.75 Å². The van der Waals surface area contributed by atoms with Gasteiger partial charge in [-0.25, -0.2) is 4.79 Å². The average Bonchev–Trinajstić information content (AvgIpc) is 3.33. The minimum absolute atomic E-state index is 0.229. The first kappa shape index (κ1) is 18.4. The van der Waals surface area contributed by atoms with Crippen molar-refractivity contribution < 1.29 is 13.9 Å². The van der Waals surface area contributed by atoms with Gasteiger partial charge in [0, 0.05) is 45.0 Å². The summed E-state index contributed by atoms with van der Waals surface area (Å²) in [6.07, 6.45) is 4.43. The Morgan fingerprint density at radius 3 is 2.89 bits per heavy atom. The number of methoxy groups -OCH3 is 1. The number of hydrogen-bond donors (Lipinski definition) is 1. The van der Waals surface area contributed by atoms with Crippen LogP contribution in [0.25, 0.3) is 11.5 Å².